The van der Waals surface area contributed by atoms with E-state index in [1.54, 1.807) is 11.4 Å². The average molecular weight is 321 g/mol. The van der Waals surface area contributed by atoms with Crippen molar-refractivity contribution in [1.82, 2.24) is 18.8 Å². The van der Waals surface area contributed by atoms with Gasteiger partial charge in [-0.3, -0.25) is 0 Å². The van der Waals surface area contributed by atoms with Crippen LogP contribution in [0.25, 0.3) is 0 Å². The summed E-state index contributed by atoms with van der Waals surface area (Å²) in [7, 11) is 2.37. The quantitative estimate of drug-likeness (QED) is 0.598. The summed E-state index contributed by atoms with van der Waals surface area (Å²) in [5.74, 6) is 0. The molecule has 1 rings (SSSR count). The van der Waals surface area contributed by atoms with Gasteiger partial charge in [-0.05, 0) is 52.9 Å². The second-order valence-electron chi connectivity index (χ2n) is 6.10. The molecule has 1 aliphatic heterocycles. The Morgan fingerprint density at radius 2 is 1.95 bits per heavy atom. The Labute approximate surface area is 130 Å². The van der Waals surface area contributed by atoms with Gasteiger partial charge in [0.05, 0.1) is 0 Å². The van der Waals surface area contributed by atoms with Crippen molar-refractivity contribution < 1.29 is 8.42 Å². The summed E-state index contributed by atoms with van der Waals surface area (Å²) >= 11 is 0. The van der Waals surface area contributed by atoms with E-state index in [2.05, 4.69) is 17.1 Å². The minimum Gasteiger partial charge on any atom is -0.317 e. The smallest absolute Gasteiger partial charge is 0.282 e. The van der Waals surface area contributed by atoms with E-state index in [4.69, 9.17) is 0 Å². The van der Waals surface area contributed by atoms with Crippen LogP contribution in [0.5, 0.6) is 0 Å². The number of likely N-dealkylation sites (N-methyl/N-ethyl adjacent to an activating group) is 1. The maximum Gasteiger partial charge on any atom is 0.282 e. The zero-order valence-electron chi connectivity index (χ0n) is 14.0. The third-order valence-corrected chi connectivity index (χ3v) is 5.89. The van der Waals surface area contributed by atoms with E-state index in [0.29, 0.717) is 13.1 Å². The highest BCUT2D eigenvalue weighted by Crippen LogP contribution is 2.23. The van der Waals surface area contributed by atoms with E-state index in [-0.39, 0.29) is 6.04 Å². The number of nitrogens with one attached hydrogen (secondary N) is 1. The molecule has 0 aromatic rings. The topological polar surface area (TPSA) is 55.9 Å². The van der Waals surface area contributed by atoms with Gasteiger partial charge >= 0.3 is 0 Å². The molecule has 0 amide bonds. The van der Waals surface area contributed by atoms with Crippen LogP contribution in [0.1, 0.15) is 32.6 Å². The normalized spacial score (nSPS) is 20.8. The summed E-state index contributed by atoms with van der Waals surface area (Å²) < 4.78 is 28.5. The minimum atomic E-state index is -3.31. The maximum absolute atomic E-state index is 12.7. The van der Waals surface area contributed by atoms with Crippen LogP contribution in [0.15, 0.2) is 0 Å². The third-order valence-electron chi connectivity index (χ3n) is 3.84. The van der Waals surface area contributed by atoms with Crippen LogP contribution in [-0.4, -0.2) is 81.8 Å². The Kier molecular flexibility index (Phi) is 8.12. The van der Waals surface area contributed by atoms with Gasteiger partial charge in [0, 0.05) is 32.7 Å². The van der Waals surface area contributed by atoms with E-state index in [9.17, 15) is 8.42 Å². The van der Waals surface area contributed by atoms with Crippen molar-refractivity contribution in [2.45, 2.75) is 38.6 Å². The van der Waals surface area contributed by atoms with Gasteiger partial charge in [-0.15, -0.1) is 0 Å². The predicted octanol–water partition coefficient (Wildman–Crippen LogP) is 0.579. The van der Waals surface area contributed by atoms with Gasteiger partial charge in [-0.2, -0.15) is 17.0 Å². The molecule has 1 atom stereocenters. The second-order valence-corrected chi connectivity index (χ2v) is 8.09. The Morgan fingerprint density at radius 1 is 1.24 bits per heavy atom. The van der Waals surface area contributed by atoms with Crippen molar-refractivity contribution in [2.75, 3.05) is 53.9 Å². The molecule has 6 nitrogen and oxygen atoms in total. The SMILES string of the molecule is CCCNCCCN(C)S(=O)(=O)N1CCCC1CN(C)C. The van der Waals surface area contributed by atoms with Gasteiger partial charge in [-0.25, -0.2) is 0 Å². The molecular weight excluding hydrogens is 288 g/mol. The molecule has 1 fully saturated rings. The van der Waals surface area contributed by atoms with Crippen molar-refractivity contribution in [3.05, 3.63) is 0 Å². The van der Waals surface area contributed by atoms with Gasteiger partial charge in [0.2, 0.25) is 0 Å². The van der Waals surface area contributed by atoms with Crippen LogP contribution >= 0.6 is 0 Å². The Balaban J connectivity index is 2.50. The molecule has 0 saturated carbocycles. The van der Waals surface area contributed by atoms with Crippen LogP contribution in [0.3, 0.4) is 0 Å². The predicted molar refractivity (Wildman–Crippen MR) is 87.6 cm³/mol. The van der Waals surface area contributed by atoms with Gasteiger partial charge < -0.3 is 10.2 Å². The Hall–Kier alpha value is -0.210. The fraction of sp³-hybridized carbons (Fsp3) is 1.00. The molecule has 1 heterocycles. The zero-order chi connectivity index (χ0) is 15.9. The fourth-order valence-corrected chi connectivity index (χ4v) is 4.37. The molecule has 0 aromatic heterocycles. The van der Waals surface area contributed by atoms with Crippen LogP contribution < -0.4 is 5.32 Å². The lowest BCUT2D eigenvalue weighted by Crippen LogP contribution is -2.47. The van der Waals surface area contributed by atoms with Gasteiger partial charge in [0.25, 0.3) is 10.2 Å². The van der Waals surface area contributed by atoms with Crippen LogP contribution in [-0.2, 0) is 10.2 Å². The van der Waals surface area contributed by atoms with E-state index >= 15 is 0 Å². The summed E-state index contributed by atoms with van der Waals surface area (Å²) in [6.07, 6.45) is 3.88. The molecule has 1 saturated heterocycles. The van der Waals surface area contributed by atoms with Crippen molar-refractivity contribution in [1.29, 1.82) is 0 Å². The molecule has 21 heavy (non-hydrogen) atoms. The molecule has 126 valence electrons. The van der Waals surface area contributed by atoms with Crippen molar-refractivity contribution in [3.8, 4) is 0 Å². The van der Waals surface area contributed by atoms with Crippen molar-refractivity contribution >= 4 is 10.2 Å². The summed E-state index contributed by atoms with van der Waals surface area (Å²) in [4.78, 5) is 2.06. The second kappa shape index (κ2) is 9.05. The number of hydrogen-bond acceptors (Lipinski definition) is 4. The summed E-state index contributed by atoms with van der Waals surface area (Å²) in [6.45, 7) is 6.01. The number of rotatable bonds is 10. The highest BCUT2D eigenvalue weighted by Gasteiger charge is 2.36. The van der Waals surface area contributed by atoms with E-state index in [1.807, 2.05) is 14.1 Å². The molecule has 0 aromatic carbocycles. The molecule has 0 aliphatic carbocycles. The first-order valence-electron chi connectivity index (χ1n) is 7.98. The van der Waals surface area contributed by atoms with Crippen LogP contribution in [0, 0.1) is 0 Å². The molecular formula is C14H32N4O2S. The summed E-state index contributed by atoms with van der Waals surface area (Å²) in [6, 6.07) is 0.116. The highest BCUT2D eigenvalue weighted by atomic mass is 32.2. The van der Waals surface area contributed by atoms with Gasteiger partial charge in [0.1, 0.15) is 0 Å². The first-order valence-corrected chi connectivity index (χ1v) is 9.37. The standard InChI is InChI=1S/C14H32N4O2S/c1-5-9-15-10-7-11-17(4)21(19,20)18-12-6-8-14(18)13-16(2)3/h14-15H,5-13H2,1-4H3. The van der Waals surface area contributed by atoms with Crippen LogP contribution in [0.4, 0.5) is 0 Å². The lowest BCUT2D eigenvalue weighted by Gasteiger charge is -2.30. The number of nitrogens with zero attached hydrogens (tertiary/aromatic N) is 3. The van der Waals surface area contributed by atoms with E-state index < -0.39 is 10.2 Å². The highest BCUT2D eigenvalue weighted by molar-refractivity contribution is 7.86. The molecule has 0 radical (unpaired) electrons. The summed E-state index contributed by atoms with van der Waals surface area (Å²) in [5.41, 5.74) is 0. The molecule has 7 heteroatoms. The van der Waals surface area contributed by atoms with Crippen LogP contribution in [0.2, 0.25) is 0 Å². The molecule has 0 spiro atoms. The van der Waals surface area contributed by atoms with Gasteiger partial charge in [-0.1, -0.05) is 6.92 Å². The lowest BCUT2D eigenvalue weighted by atomic mass is 10.2. The van der Waals surface area contributed by atoms with Gasteiger partial charge in [0.15, 0.2) is 0 Å². The average Bonchev–Trinajstić information content (AvgIpc) is 2.86. The minimum absolute atomic E-state index is 0.116. The maximum atomic E-state index is 12.7. The van der Waals surface area contributed by atoms with Crippen molar-refractivity contribution in [2.24, 2.45) is 0 Å². The van der Waals surface area contributed by atoms with Crippen molar-refractivity contribution in [3.63, 3.8) is 0 Å². The molecule has 1 unspecified atom stereocenters. The first-order chi connectivity index (χ1) is 9.89. The fourth-order valence-electron chi connectivity index (χ4n) is 2.74. The third kappa shape index (κ3) is 5.83. The zero-order valence-corrected chi connectivity index (χ0v) is 14.8. The largest absolute Gasteiger partial charge is 0.317 e. The van der Waals surface area contributed by atoms with E-state index in [1.165, 1.54) is 4.31 Å². The Bertz CT molecular complexity index is 386. The summed E-state index contributed by atoms with van der Waals surface area (Å²) in [5, 5.41) is 3.30. The molecule has 0 bridgehead atoms. The number of hydrogen-bond donors (Lipinski definition) is 1. The molecule has 1 N–H and O–H groups in total. The Morgan fingerprint density at radius 3 is 2.57 bits per heavy atom. The lowest BCUT2D eigenvalue weighted by molar-refractivity contribution is 0.276. The first kappa shape index (κ1) is 18.8. The molecule has 1 aliphatic rings. The van der Waals surface area contributed by atoms with E-state index in [0.717, 1.165) is 45.3 Å². The monoisotopic (exact) mass is 320 g/mol.